The summed E-state index contributed by atoms with van der Waals surface area (Å²) in [7, 11) is 0. The highest BCUT2D eigenvalue weighted by molar-refractivity contribution is 5.96. The van der Waals surface area contributed by atoms with Crippen molar-refractivity contribution in [3.63, 3.8) is 0 Å². The highest BCUT2D eigenvalue weighted by Gasteiger charge is 2.24. The summed E-state index contributed by atoms with van der Waals surface area (Å²) < 4.78 is 7.46. The molecule has 1 aromatic heterocycles. The zero-order chi connectivity index (χ0) is 16.9. The number of carbonyl (C=O) groups is 1. The molecule has 0 bridgehead atoms. The molecule has 3 rings (SSSR count). The molecule has 4 heteroatoms. The lowest BCUT2D eigenvalue weighted by Gasteiger charge is -2.36. The van der Waals surface area contributed by atoms with Gasteiger partial charge in [-0.05, 0) is 62.9 Å². The van der Waals surface area contributed by atoms with Crippen molar-refractivity contribution in [2.45, 2.75) is 45.6 Å². The highest BCUT2D eigenvalue weighted by atomic mass is 16.5. The van der Waals surface area contributed by atoms with Crippen molar-refractivity contribution in [2.75, 3.05) is 18.1 Å². The van der Waals surface area contributed by atoms with E-state index in [-0.39, 0.29) is 5.97 Å². The van der Waals surface area contributed by atoms with Crippen LogP contribution in [-0.4, -0.2) is 29.7 Å². The van der Waals surface area contributed by atoms with E-state index in [1.807, 2.05) is 42.1 Å². The molecule has 0 amide bonds. The molecule has 0 N–H and O–H groups in total. The van der Waals surface area contributed by atoms with E-state index < -0.39 is 0 Å². The monoisotopic (exact) mass is 326 g/mol. The van der Waals surface area contributed by atoms with Crippen LogP contribution in [0.4, 0.5) is 5.69 Å². The van der Waals surface area contributed by atoms with Gasteiger partial charge in [0.25, 0.3) is 0 Å². The molecule has 0 saturated carbocycles. The van der Waals surface area contributed by atoms with E-state index in [1.54, 1.807) is 0 Å². The zero-order valence-electron chi connectivity index (χ0n) is 14.6. The first kappa shape index (κ1) is 16.6. The van der Waals surface area contributed by atoms with Crippen LogP contribution in [0.5, 0.6) is 0 Å². The predicted octanol–water partition coefficient (Wildman–Crippen LogP) is 4.42. The van der Waals surface area contributed by atoms with Gasteiger partial charge in [0.1, 0.15) is 0 Å². The van der Waals surface area contributed by atoms with E-state index in [4.69, 9.17) is 4.74 Å². The van der Waals surface area contributed by atoms with Gasteiger partial charge in [-0.25, -0.2) is 4.79 Å². The predicted molar refractivity (Wildman–Crippen MR) is 97.0 cm³/mol. The minimum absolute atomic E-state index is 0.223. The maximum absolute atomic E-state index is 12.6. The number of ether oxygens (including phenoxy) is 1. The molecule has 4 nitrogen and oxygen atoms in total. The number of piperidine rings is 1. The van der Waals surface area contributed by atoms with E-state index in [1.165, 1.54) is 19.3 Å². The second-order valence-electron chi connectivity index (χ2n) is 6.47. The summed E-state index contributed by atoms with van der Waals surface area (Å²) >= 11 is 0. The van der Waals surface area contributed by atoms with Gasteiger partial charge < -0.3 is 14.2 Å². The summed E-state index contributed by atoms with van der Waals surface area (Å²) in [6, 6.07) is 10.5. The van der Waals surface area contributed by atoms with Crippen LogP contribution in [0.1, 0.15) is 49.9 Å². The van der Waals surface area contributed by atoms with E-state index in [9.17, 15) is 4.79 Å². The van der Waals surface area contributed by atoms with Gasteiger partial charge in [0.05, 0.1) is 17.9 Å². The largest absolute Gasteiger partial charge is 0.462 e. The molecule has 0 aliphatic carbocycles. The Morgan fingerprint density at radius 1 is 1.25 bits per heavy atom. The molecule has 128 valence electrons. The molecule has 24 heavy (non-hydrogen) atoms. The molecule has 1 aromatic carbocycles. The molecule has 2 heterocycles. The van der Waals surface area contributed by atoms with Crippen molar-refractivity contribution in [1.82, 2.24) is 4.57 Å². The SMILES string of the molecule is CCCOC(=O)c1cc(-n2cccc2)ccc1N1CCCCC1C. The average molecular weight is 326 g/mol. The maximum Gasteiger partial charge on any atom is 0.340 e. The van der Waals surface area contributed by atoms with Crippen LogP contribution in [0.3, 0.4) is 0 Å². The average Bonchev–Trinajstić information content (AvgIpc) is 3.14. The molecule has 2 aromatic rings. The number of anilines is 1. The molecule has 0 spiro atoms. The Hall–Kier alpha value is -2.23. The van der Waals surface area contributed by atoms with E-state index in [0.29, 0.717) is 18.2 Å². The Labute approximate surface area is 144 Å². The molecule has 1 aliphatic rings. The van der Waals surface area contributed by atoms with E-state index >= 15 is 0 Å². The topological polar surface area (TPSA) is 34.5 Å². The lowest BCUT2D eigenvalue weighted by Crippen LogP contribution is -2.38. The lowest BCUT2D eigenvalue weighted by molar-refractivity contribution is 0.0505. The smallest absolute Gasteiger partial charge is 0.340 e. The summed E-state index contributed by atoms with van der Waals surface area (Å²) in [5.41, 5.74) is 2.65. The van der Waals surface area contributed by atoms with Crippen LogP contribution in [0, 0.1) is 0 Å². The van der Waals surface area contributed by atoms with Crippen LogP contribution in [-0.2, 0) is 4.74 Å². The number of nitrogens with zero attached hydrogens (tertiary/aromatic N) is 2. The van der Waals surface area contributed by atoms with Crippen LogP contribution >= 0.6 is 0 Å². The third-order valence-electron chi connectivity index (χ3n) is 4.65. The molecular weight excluding hydrogens is 300 g/mol. The Kier molecular flexibility index (Phi) is 5.24. The van der Waals surface area contributed by atoms with E-state index in [2.05, 4.69) is 24.0 Å². The summed E-state index contributed by atoms with van der Waals surface area (Å²) in [6.45, 7) is 5.71. The van der Waals surface area contributed by atoms with Gasteiger partial charge >= 0.3 is 5.97 Å². The van der Waals surface area contributed by atoms with Gasteiger partial charge in [-0.15, -0.1) is 0 Å². The summed E-state index contributed by atoms with van der Waals surface area (Å²) in [5, 5.41) is 0. The van der Waals surface area contributed by atoms with Gasteiger partial charge in [-0.2, -0.15) is 0 Å². The third-order valence-corrected chi connectivity index (χ3v) is 4.65. The van der Waals surface area contributed by atoms with Crippen molar-refractivity contribution in [3.05, 3.63) is 48.3 Å². The quantitative estimate of drug-likeness (QED) is 0.763. The summed E-state index contributed by atoms with van der Waals surface area (Å²) in [5.74, 6) is -0.223. The van der Waals surface area contributed by atoms with Crippen molar-refractivity contribution in [2.24, 2.45) is 0 Å². The minimum atomic E-state index is -0.223. The van der Waals surface area contributed by atoms with Crippen molar-refractivity contribution in [1.29, 1.82) is 0 Å². The van der Waals surface area contributed by atoms with Gasteiger partial charge in [-0.1, -0.05) is 6.92 Å². The van der Waals surface area contributed by atoms with Crippen molar-refractivity contribution in [3.8, 4) is 5.69 Å². The molecule has 1 aliphatic heterocycles. The molecule has 1 unspecified atom stereocenters. The third kappa shape index (κ3) is 3.48. The highest BCUT2D eigenvalue weighted by Crippen LogP contribution is 2.30. The molecule has 1 fully saturated rings. The van der Waals surface area contributed by atoms with Crippen LogP contribution in [0.15, 0.2) is 42.7 Å². The number of benzene rings is 1. The molecule has 0 radical (unpaired) electrons. The van der Waals surface area contributed by atoms with Gasteiger partial charge in [0.15, 0.2) is 0 Å². The van der Waals surface area contributed by atoms with Gasteiger partial charge in [-0.3, -0.25) is 0 Å². The normalized spacial score (nSPS) is 17.8. The first-order chi connectivity index (χ1) is 11.7. The number of esters is 1. The second kappa shape index (κ2) is 7.56. The molecule has 1 saturated heterocycles. The fourth-order valence-corrected chi connectivity index (χ4v) is 3.33. The maximum atomic E-state index is 12.6. The Morgan fingerprint density at radius 3 is 2.75 bits per heavy atom. The van der Waals surface area contributed by atoms with Crippen LogP contribution in [0.25, 0.3) is 5.69 Å². The molecular formula is C20H26N2O2. The Balaban J connectivity index is 1.98. The standard InChI is InChI=1S/C20H26N2O2/c1-3-14-24-20(23)18-15-17(21-11-6-7-12-21)9-10-19(18)22-13-5-4-8-16(22)2/h6-7,9-12,15-16H,3-5,8,13-14H2,1-2H3. The number of carbonyl (C=O) groups excluding carboxylic acids is 1. The minimum Gasteiger partial charge on any atom is -0.462 e. The first-order valence-corrected chi connectivity index (χ1v) is 8.92. The summed E-state index contributed by atoms with van der Waals surface area (Å²) in [4.78, 5) is 15.0. The number of aromatic nitrogens is 1. The van der Waals surface area contributed by atoms with Crippen molar-refractivity contribution < 1.29 is 9.53 Å². The fraction of sp³-hybridized carbons (Fsp3) is 0.450. The van der Waals surface area contributed by atoms with Crippen molar-refractivity contribution >= 4 is 11.7 Å². The lowest BCUT2D eigenvalue weighted by atomic mass is 10.0. The second-order valence-corrected chi connectivity index (χ2v) is 6.47. The number of hydrogen-bond donors (Lipinski definition) is 0. The number of hydrogen-bond acceptors (Lipinski definition) is 3. The summed E-state index contributed by atoms with van der Waals surface area (Å²) in [6.07, 6.45) is 8.41. The van der Waals surface area contributed by atoms with Gasteiger partial charge in [0.2, 0.25) is 0 Å². The molecule has 1 atom stereocenters. The van der Waals surface area contributed by atoms with Gasteiger partial charge in [0, 0.05) is 30.7 Å². The fourth-order valence-electron chi connectivity index (χ4n) is 3.33. The first-order valence-electron chi connectivity index (χ1n) is 8.92. The van der Waals surface area contributed by atoms with Crippen LogP contribution < -0.4 is 4.90 Å². The Morgan fingerprint density at radius 2 is 2.04 bits per heavy atom. The zero-order valence-corrected chi connectivity index (χ0v) is 14.6. The van der Waals surface area contributed by atoms with E-state index in [0.717, 1.165) is 24.3 Å². The Bertz CT molecular complexity index is 679. The number of rotatable bonds is 5. The van der Waals surface area contributed by atoms with Crippen LogP contribution in [0.2, 0.25) is 0 Å².